The second kappa shape index (κ2) is 6.11. The predicted molar refractivity (Wildman–Crippen MR) is 71.5 cm³/mol. The number of carbonyl (C=O) groups is 1. The maximum Gasteiger partial charge on any atom is 0.239 e. The van der Waals surface area contributed by atoms with Crippen molar-refractivity contribution in [3.8, 4) is 0 Å². The third-order valence-corrected chi connectivity index (χ3v) is 3.24. The minimum Gasteiger partial charge on any atom is -0.350 e. The quantitative estimate of drug-likeness (QED) is 0.882. The van der Waals surface area contributed by atoms with Gasteiger partial charge in [-0.25, -0.2) is 4.98 Å². The Bertz CT molecular complexity index is 486. The molecule has 0 aliphatic carbocycles. The lowest BCUT2D eigenvalue weighted by Gasteiger charge is -2.16. The maximum atomic E-state index is 11.7. The maximum absolute atomic E-state index is 11.7. The van der Waals surface area contributed by atoms with Crippen LogP contribution in [0, 0.1) is 0 Å². The van der Waals surface area contributed by atoms with E-state index in [1.165, 1.54) is 0 Å². The summed E-state index contributed by atoms with van der Waals surface area (Å²) in [7, 11) is 1.81. The third kappa shape index (κ3) is 3.53. The smallest absolute Gasteiger partial charge is 0.239 e. The Kier molecular flexibility index (Phi) is 4.25. The monoisotopic (exact) mass is 262 g/mol. The highest BCUT2D eigenvalue weighted by Gasteiger charge is 2.08. The van der Waals surface area contributed by atoms with Crippen LogP contribution in [0.2, 0.25) is 0 Å². The van der Waals surface area contributed by atoms with E-state index in [-0.39, 0.29) is 12.5 Å². The second-order valence-electron chi connectivity index (χ2n) is 3.78. The first-order chi connectivity index (χ1) is 8.75. The van der Waals surface area contributed by atoms with Crippen molar-refractivity contribution in [1.82, 2.24) is 15.3 Å². The van der Waals surface area contributed by atoms with Gasteiger partial charge in [0.1, 0.15) is 5.82 Å². The van der Waals surface area contributed by atoms with E-state index >= 15 is 0 Å². The summed E-state index contributed by atoms with van der Waals surface area (Å²) < 4.78 is 0. The topological polar surface area (TPSA) is 58.1 Å². The fraction of sp³-hybridized carbons (Fsp3) is 0.250. The average Bonchev–Trinajstić information content (AvgIpc) is 2.90. The lowest BCUT2D eigenvalue weighted by atomic mass is 10.4. The molecule has 0 saturated heterocycles. The van der Waals surface area contributed by atoms with Crippen LogP contribution in [0.3, 0.4) is 0 Å². The van der Waals surface area contributed by atoms with Crippen LogP contribution in [0.15, 0.2) is 36.1 Å². The van der Waals surface area contributed by atoms with E-state index < -0.39 is 0 Å². The predicted octanol–water partition coefficient (Wildman–Crippen LogP) is 1.29. The first-order valence-corrected chi connectivity index (χ1v) is 6.40. The summed E-state index contributed by atoms with van der Waals surface area (Å²) in [6.07, 6.45) is 4.84. The standard InChI is InChI=1S/C12H14N4OS/c1-16(11-8-13-4-5-14-11)9-12(17)15-7-10-3-2-6-18-10/h2-6,8H,7,9H2,1H3,(H,15,17). The van der Waals surface area contributed by atoms with Crippen LogP contribution in [0.25, 0.3) is 0 Å². The Morgan fingerprint density at radius 3 is 3.06 bits per heavy atom. The van der Waals surface area contributed by atoms with Crippen molar-refractivity contribution in [1.29, 1.82) is 0 Å². The van der Waals surface area contributed by atoms with Gasteiger partial charge in [-0.2, -0.15) is 0 Å². The SMILES string of the molecule is CN(CC(=O)NCc1cccs1)c1cnccn1. The molecule has 2 rings (SSSR count). The van der Waals surface area contributed by atoms with E-state index in [2.05, 4.69) is 15.3 Å². The number of aromatic nitrogens is 2. The molecule has 0 saturated carbocycles. The zero-order valence-corrected chi connectivity index (χ0v) is 10.9. The summed E-state index contributed by atoms with van der Waals surface area (Å²) in [6.45, 7) is 0.842. The molecule has 18 heavy (non-hydrogen) atoms. The Morgan fingerprint density at radius 2 is 2.39 bits per heavy atom. The van der Waals surface area contributed by atoms with Crippen molar-refractivity contribution in [2.24, 2.45) is 0 Å². The first kappa shape index (κ1) is 12.5. The molecule has 6 heteroatoms. The van der Waals surface area contributed by atoms with Crippen LogP contribution >= 0.6 is 11.3 Å². The Morgan fingerprint density at radius 1 is 1.50 bits per heavy atom. The van der Waals surface area contributed by atoms with E-state index in [0.29, 0.717) is 12.4 Å². The number of thiophene rings is 1. The van der Waals surface area contributed by atoms with Gasteiger partial charge >= 0.3 is 0 Å². The molecular formula is C12H14N4OS. The van der Waals surface area contributed by atoms with Gasteiger partial charge in [0.25, 0.3) is 0 Å². The number of likely N-dealkylation sites (N-methyl/N-ethyl adjacent to an activating group) is 1. The summed E-state index contributed by atoms with van der Waals surface area (Å²) in [4.78, 5) is 22.7. The van der Waals surface area contributed by atoms with Crippen LogP contribution in [0.5, 0.6) is 0 Å². The van der Waals surface area contributed by atoms with E-state index in [0.717, 1.165) is 4.88 Å². The van der Waals surface area contributed by atoms with Gasteiger partial charge in [0.15, 0.2) is 0 Å². The summed E-state index contributed by atoms with van der Waals surface area (Å²) in [5, 5.41) is 4.86. The molecule has 0 unspecified atom stereocenters. The molecule has 2 aromatic heterocycles. The van der Waals surface area contributed by atoms with Gasteiger partial charge in [0, 0.05) is 24.3 Å². The molecular weight excluding hydrogens is 248 g/mol. The average molecular weight is 262 g/mol. The van der Waals surface area contributed by atoms with Crippen molar-refractivity contribution >= 4 is 23.1 Å². The van der Waals surface area contributed by atoms with Crippen LogP contribution in [-0.2, 0) is 11.3 Å². The van der Waals surface area contributed by atoms with E-state index in [1.54, 1.807) is 34.8 Å². The fourth-order valence-corrected chi connectivity index (χ4v) is 2.08. The highest BCUT2D eigenvalue weighted by Crippen LogP contribution is 2.07. The van der Waals surface area contributed by atoms with Crippen LogP contribution in [-0.4, -0.2) is 29.5 Å². The van der Waals surface area contributed by atoms with Crippen molar-refractivity contribution in [2.75, 3.05) is 18.5 Å². The number of hydrogen-bond acceptors (Lipinski definition) is 5. The van der Waals surface area contributed by atoms with E-state index in [9.17, 15) is 4.79 Å². The largest absolute Gasteiger partial charge is 0.350 e. The van der Waals surface area contributed by atoms with Gasteiger partial charge < -0.3 is 10.2 Å². The molecule has 5 nitrogen and oxygen atoms in total. The molecule has 0 fully saturated rings. The number of amides is 1. The van der Waals surface area contributed by atoms with Crippen LogP contribution < -0.4 is 10.2 Å². The Hall–Kier alpha value is -1.95. The molecule has 0 aromatic carbocycles. The molecule has 0 aliphatic rings. The lowest BCUT2D eigenvalue weighted by Crippen LogP contribution is -2.35. The third-order valence-electron chi connectivity index (χ3n) is 2.36. The molecule has 0 radical (unpaired) electrons. The fourth-order valence-electron chi connectivity index (χ4n) is 1.44. The first-order valence-electron chi connectivity index (χ1n) is 5.52. The summed E-state index contributed by atoms with van der Waals surface area (Å²) in [6, 6.07) is 3.97. The molecule has 2 heterocycles. The lowest BCUT2D eigenvalue weighted by molar-refractivity contribution is -0.119. The van der Waals surface area contributed by atoms with Crippen molar-refractivity contribution in [3.63, 3.8) is 0 Å². The number of anilines is 1. The molecule has 0 aliphatic heterocycles. The van der Waals surface area contributed by atoms with Crippen LogP contribution in [0.4, 0.5) is 5.82 Å². The van der Waals surface area contributed by atoms with Gasteiger partial charge in [0.2, 0.25) is 5.91 Å². The number of carbonyl (C=O) groups excluding carboxylic acids is 1. The Labute approximate surface area is 109 Å². The van der Waals surface area contributed by atoms with Crippen molar-refractivity contribution in [2.45, 2.75) is 6.54 Å². The number of nitrogens with one attached hydrogen (secondary N) is 1. The zero-order valence-electron chi connectivity index (χ0n) is 10.0. The molecule has 1 N–H and O–H groups in total. The van der Waals surface area contributed by atoms with Gasteiger partial charge in [-0.3, -0.25) is 9.78 Å². The van der Waals surface area contributed by atoms with Crippen LogP contribution in [0.1, 0.15) is 4.88 Å². The molecule has 2 aromatic rings. The molecule has 94 valence electrons. The molecule has 0 spiro atoms. The molecule has 1 amide bonds. The number of rotatable bonds is 5. The second-order valence-corrected chi connectivity index (χ2v) is 4.81. The van der Waals surface area contributed by atoms with Gasteiger partial charge in [-0.1, -0.05) is 6.07 Å². The highest BCUT2D eigenvalue weighted by molar-refractivity contribution is 7.09. The number of nitrogens with zero attached hydrogens (tertiary/aromatic N) is 3. The minimum absolute atomic E-state index is 0.0310. The van der Waals surface area contributed by atoms with Crippen molar-refractivity contribution in [3.05, 3.63) is 41.0 Å². The zero-order chi connectivity index (χ0) is 12.8. The molecule has 0 bridgehead atoms. The summed E-state index contributed by atoms with van der Waals surface area (Å²) in [5.41, 5.74) is 0. The summed E-state index contributed by atoms with van der Waals surface area (Å²) in [5.74, 6) is 0.653. The van der Waals surface area contributed by atoms with Crippen molar-refractivity contribution < 1.29 is 4.79 Å². The van der Waals surface area contributed by atoms with Gasteiger partial charge in [-0.15, -0.1) is 11.3 Å². The van der Waals surface area contributed by atoms with E-state index in [4.69, 9.17) is 0 Å². The minimum atomic E-state index is -0.0310. The Balaban J connectivity index is 1.80. The number of hydrogen-bond donors (Lipinski definition) is 1. The molecule has 0 atom stereocenters. The van der Waals surface area contributed by atoms with Gasteiger partial charge in [-0.05, 0) is 11.4 Å². The van der Waals surface area contributed by atoms with E-state index in [1.807, 2.05) is 24.6 Å². The normalized spacial score (nSPS) is 10.1. The summed E-state index contributed by atoms with van der Waals surface area (Å²) >= 11 is 1.63. The van der Waals surface area contributed by atoms with Gasteiger partial charge in [0.05, 0.1) is 19.3 Å². The highest BCUT2D eigenvalue weighted by atomic mass is 32.1.